The number of rotatable bonds is 56. The SMILES string of the molecule is C=CCc1cc(C(C)(C)c2ccc(OC(=O)NCCNC(=O)OCCCCOCCCCOC(=O)NCCNC(=O)OCCC(CCOC(=O)NCCNC(=O)OCOC(=O)NCCNC(=O)Oc3ccc(C(C)(C)c4ccc(O)c(CC=C)c4)cc3CC=C)COC(=O)NCCNC(=O)Oc3ccc(C(C)(C)c4ccc(O)c(CC=C)c4)cc3CC=C)c(CC=C)c2)ccc1O. The van der Waals surface area contributed by atoms with Crippen molar-refractivity contribution in [1.29, 1.82) is 0 Å². The van der Waals surface area contributed by atoms with Gasteiger partial charge in [0.25, 0.3) is 0 Å². The molecule has 13 N–H and O–H groups in total. The van der Waals surface area contributed by atoms with Crippen LogP contribution in [0, 0.1) is 5.92 Å². The average molecular weight is 1830 g/mol. The predicted octanol–water partition coefficient (Wildman–Crippen LogP) is 14.8. The van der Waals surface area contributed by atoms with Crippen molar-refractivity contribution in [2.75, 3.05) is 118 Å². The summed E-state index contributed by atoms with van der Waals surface area (Å²) in [6, 6.07) is 33.0. The summed E-state index contributed by atoms with van der Waals surface area (Å²) in [6.07, 6.45) is 7.42. The molecule has 0 fully saturated rings. The van der Waals surface area contributed by atoms with Crippen molar-refractivity contribution in [2.45, 2.75) is 135 Å². The number of phenolic OH excluding ortho intramolecular Hbond substituents is 3. The second-order valence-corrected chi connectivity index (χ2v) is 31.9. The Morgan fingerprint density at radius 1 is 0.288 bits per heavy atom. The summed E-state index contributed by atoms with van der Waals surface area (Å²) in [5, 5.41) is 56.3. The number of nitrogens with one attached hydrogen (secondary N) is 10. The Hall–Kier alpha value is -14.2. The standard InChI is InChI=1S/C98H128N10O24/c1-13-23-68-59-74(29-35-80(68)109)96(7,8)77-32-38-83(71(62-77)26-16-4)130-93(119)106-50-47-100-87(113)124-56-22-20-54-122-53-19-21-55-123-86(112)99-43-44-101-88(114)125-57-41-67(65-127-90(116)103-48-51-107-94(120)131-84-39-33-78(63-72(84)27-17-5)97(9,10)75-30-36-81(110)69(60-75)24-14-2)42-58-126-89(115)102-45-46-104-91(117)128-66-129-92(118)105-49-52-108-95(121)132-85-40-34-79(64-73(85)28-18-6)98(11,12)76-31-37-82(111)70(61-76)25-15-3/h13-18,29-40,59-64,67,109-111H,1-6,19-28,41-58,65-66H2,7-12H3,(H,99,112)(H,100,113)(H,101,114)(H,102,115)(H,103,116)(H,104,117)(H,105,118)(H,106,119)(H,107,120)(H,108,121). The topological polar surface area (TPSA) is 453 Å². The smallest absolute Gasteiger partial charge is 0.412 e. The monoisotopic (exact) mass is 1830 g/mol. The first-order valence-electron chi connectivity index (χ1n) is 43.7. The zero-order chi connectivity index (χ0) is 96.3. The van der Waals surface area contributed by atoms with Crippen LogP contribution in [-0.2, 0) is 92.7 Å². The third kappa shape index (κ3) is 37.5. The molecule has 6 aromatic carbocycles. The Bertz CT molecular complexity index is 4880. The summed E-state index contributed by atoms with van der Waals surface area (Å²) in [5.41, 5.74) is 8.75. The Morgan fingerprint density at radius 3 is 0.780 bits per heavy atom. The van der Waals surface area contributed by atoms with Crippen LogP contribution in [0.3, 0.4) is 0 Å². The Kier molecular flexibility index (Phi) is 46.0. The van der Waals surface area contributed by atoms with Crippen molar-refractivity contribution >= 4 is 60.9 Å². The fourth-order valence-corrected chi connectivity index (χ4v) is 13.3. The second kappa shape index (κ2) is 57.0. The van der Waals surface area contributed by atoms with Crippen molar-refractivity contribution in [3.8, 4) is 34.5 Å². The Labute approximate surface area is 771 Å². The number of alkyl carbamates (subject to hydrolysis) is 7. The van der Waals surface area contributed by atoms with Crippen molar-refractivity contribution in [3.05, 3.63) is 252 Å². The number of allylic oxidation sites excluding steroid dienone is 6. The molecule has 0 aromatic heterocycles. The molecule has 0 saturated carbocycles. The van der Waals surface area contributed by atoms with Crippen LogP contribution in [-0.4, -0.2) is 195 Å². The highest BCUT2D eigenvalue weighted by Crippen LogP contribution is 2.40. The summed E-state index contributed by atoms with van der Waals surface area (Å²) >= 11 is 0. The maximum atomic E-state index is 13.0. The molecule has 714 valence electrons. The quantitative estimate of drug-likeness (QED) is 0.00730. The summed E-state index contributed by atoms with van der Waals surface area (Å²) in [7, 11) is 0. The Morgan fingerprint density at radius 2 is 0.508 bits per heavy atom. The number of aromatic hydroxyl groups is 3. The van der Waals surface area contributed by atoms with E-state index in [1.165, 1.54) is 0 Å². The molecule has 132 heavy (non-hydrogen) atoms. The third-order valence-corrected chi connectivity index (χ3v) is 21.0. The molecule has 0 spiro atoms. The van der Waals surface area contributed by atoms with Crippen LogP contribution < -0.4 is 67.4 Å². The van der Waals surface area contributed by atoms with Crippen molar-refractivity contribution in [3.63, 3.8) is 0 Å². The molecule has 0 radical (unpaired) electrons. The molecule has 6 aromatic rings. The van der Waals surface area contributed by atoms with E-state index in [2.05, 4.69) is 106 Å². The van der Waals surface area contributed by atoms with Gasteiger partial charge in [-0.1, -0.05) is 151 Å². The van der Waals surface area contributed by atoms with E-state index in [-0.39, 0.29) is 129 Å². The van der Waals surface area contributed by atoms with E-state index in [9.17, 15) is 63.3 Å². The maximum absolute atomic E-state index is 13.0. The highest BCUT2D eigenvalue weighted by atomic mass is 16.7. The molecule has 0 saturated heterocycles. The van der Waals surface area contributed by atoms with E-state index in [0.717, 1.165) is 55.6 Å². The third-order valence-electron chi connectivity index (χ3n) is 21.0. The van der Waals surface area contributed by atoms with Gasteiger partial charge >= 0.3 is 60.9 Å². The minimum absolute atomic E-state index is 0.000788. The van der Waals surface area contributed by atoms with E-state index in [4.69, 9.17) is 52.1 Å². The van der Waals surface area contributed by atoms with E-state index in [1.54, 1.807) is 72.9 Å². The highest BCUT2D eigenvalue weighted by molar-refractivity contribution is 5.74. The van der Waals surface area contributed by atoms with Gasteiger partial charge in [-0.15, -0.1) is 39.5 Å². The zero-order valence-corrected chi connectivity index (χ0v) is 76.3. The van der Waals surface area contributed by atoms with Gasteiger partial charge in [-0.25, -0.2) is 47.9 Å². The summed E-state index contributed by atoms with van der Waals surface area (Å²) < 4.78 is 59.0. The van der Waals surface area contributed by atoms with Crippen LogP contribution in [0.5, 0.6) is 34.5 Å². The molecule has 0 bridgehead atoms. The molecule has 0 aliphatic heterocycles. The molecule has 0 aliphatic carbocycles. The number of carbonyl (C=O) groups is 10. The fraction of sp³-hybridized carbons (Fsp3) is 0.408. The number of unbranched alkanes of at least 4 members (excludes halogenated alkanes) is 2. The van der Waals surface area contributed by atoms with Crippen LogP contribution >= 0.6 is 0 Å². The van der Waals surface area contributed by atoms with E-state index in [1.807, 2.05) is 100 Å². The van der Waals surface area contributed by atoms with Crippen molar-refractivity contribution < 1.29 is 115 Å². The van der Waals surface area contributed by atoms with E-state index >= 15 is 0 Å². The molecule has 34 nitrogen and oxygen atoms in total. The lowest BCUT2D eigenvalue weighted by atomic mass is 9.77. The van der Waals surface area contributed by atoms with Crippen molar-refractivity contribution in [1.82, 2.24) is 53.2 Å². The molecule has 34 heteroatoms. The number of amides is 10. The number of phenols is 3. The van der Waals surface area contributed by atoms with Gasteiger partial charge in [-0.2, -0.15) is 0 Å². The fourth-order valence-electron chi connectivity index (χ4n) is 13.3. The normalized spacial score (nSPS) is 11.2. The number of carbonyl (C=O) groups excluding carboxylic acids is 10. The summed E-state index contributed by atoms with van der Waals surface area (Å²) in [4.78, 5) is 126. The summed E-state index contributed by atoms with van der Waals surface area (Å²) in [6.45, 7) is 34.6. The first kappa shape index (κ1) is 107. The van der Waals surface area contributed by atoms with Crippen LogP contribution in [0.15, 0.2) is 185 Å². The molecule has 1 atom stereocenters. The van der Waals surface area contributed by atoms with Gasteiger partial charge in [0.05, 0.1) is 33.0 Å². The minimum atomic E-state index is -0.986. The van der Waals surface area contributed by atoms with Gasteiger partial charge in [0.1, 0.15) is 34.5 Å². The second-order valence-electron chi connectivity index (χ2n) is 31.9. The molecule has 10 amide bonds. The van der Waals surface area contributed by atoms with Crippen LogP contribution in [0.2, 0.25) is 0 Å². The van der Waals surface area contributed by atoms with Gasteiger partial charge in [-0.3, -0.25) is 0 Å². The van der Waals surface area contributed by atoms with Crippen LogP contribution in [0.4, 0.5) is 47.9 Å². The largest absolute Gasteiger partial charge is 0.508 e. The van der Waals surface area contributed by atoms with Crippen molar-refractivity contribution in [2.24, 2.45) is 5.92 Å². The lowest BCUT2D eigenvalue weighted by Gasteiger charge is -2.28. The Balaban J connectivity index is 0.833. The van der Waals surface area contributed by atoms with Gasteiger partial charge in [0, 0.05) is 94.9 Å². The van der Waals surface area contributed by atoms with Gasteiger partial charge in [-0.05, 0) is 186 Å². The molecule has 6 rings (SSSR count). The molecular formula is C98H128N10O24. The van der Waals surface area contributed by atoms with Crippen LogP contribution in [0.25, 0.3) is 0 Å². The van der Waals surface area contributed by atoms with E-state index in [0.29, 0.717) is 106 Å². The molecule has 1 unspecified atom stereocenters. The van der Waals surface area contributed by atoms with Gasteiger partial charge in [0.15, 0.2) is 0 Å². The number of benzene rings is 6. The molecular weight excluding hydrogens is 1700 g/mol. The first-order chi connectivity index (χ1) is 63.3. The lowest BCUT2D eigenvalue weighted by molar-refractivity contribution is 0.0244. The number of ether oxygens (including phenoxy) is 11. The zero-order valence-electron chi connectivity index (χ0n) is 76.3. The lowest BCUT2D eigenvalue weighted by Crippen LogP contribution is -2.37. The highest BCUT2D eigenvalue weighted by Gasteiger charge is 2.30. The van der Waals surface area contributed by atoms with Gasteiger partial charge < -0.3 is 121 Å². The average Bonchev–Trinajstić information content (AvgIpc) is 0.793. The molecule has 0 aliphatic rings. The number of hydrogen-bond donors (Lipinski definition) is 13. The first-order valence-corrected chi connectivity index (χ1v) is 43.7. The van der Waals surface area contributed by atoms with Crippen LogP contribution in [0.1, 0.15) is 147 Å². The predicted molar refractivity (Wildman–Crippen MR) is 498 cm³/mol. The van der Waals surface area contributed by atoms with Gasteiger partial charge in [0.2, 0.25) is 6.79 Å². The molecule has 0 heterocycles. The summed E-state index contributed by atoms with van der Waals surface area (Å²) in [5.74, 6) is 0.996. The minimum Gasteiger partial charge on any atom is -0.508 e. The number of hydrogen-bond acceptors (Lipinski definition) is 24. The maximum Gasteiger partial charge on any atom is 0.412 e. The van der Waals surface area contributed by atoms with E-state index < -0.39 is 89.9 Å².